The normalized spacial score (nSPS) is 14.4. The molecule has 1 fully saturated rings. The van der Waals surface area contributed by atoms with Gasteiger partial charge in [0.1, 0.15) is 0 Å². The Morgan fingerprint density at radius 1 is 0.967 bits per heavy atom. The first-order valence-electron chi connectivity index (χ1n) is 10.3. The van der Waals surface area contributed by atoms with Gasteiger partial charge in [0.25, 0.3) is 5.91 Å². The van der Waals surface area contributed by atoms with Gasteiger partial charge >= 0.3 is 0 Å². The summed E-state index contributed by atoms with van der Waals surface area (Å²) in [5, 5.41) is 6.44. The lowest BCUT2D eigenvalue weighted by Crippen LogP contribution is -2.45. The summed E-state index contributed by atoms with van der Waals surface area (Å²) in [7, 11) is 2.14. The van der Waals surface area contributed by atoms with Crippen LogP contribution in [0.3, 0.4) is 0 Å². The molecular formula is C23H29ClN4O2. The molecule has 0 aliphatic carbocycles. The van der Waals surface area contributed by atoms with Crippen LogP contribution in [0.5, 0.6) is 0 Å². The van der Waals surface area contributed by atoms with Crippen molar-refractivity contribution in [1.82, 2.24) is 15.5 Å². The van der Waals surface area contributed by atoms with Crippen molar-refractivity contribution in [2.75, 3.05) is 44.7 Å². The number of nitrogens with one attached hydrogen (secondary N) is 2. The molecule has 160 valence electrons. The Hall–Kier alpha value is -2.57. The summed E-state index contributed by atoms with van der Waals surface area (Å²) >= 11 is 5.83. The molecule has 0 saturated carbocycles. The van der Waals surface area contributed by atoms with E-state index in [1.54, 1.807) is 24.3 Å². The van der Waals surface area contributed by atoms with E-state index in [9.17, 15) is 9.59 Å². The van der Waals surface area contributed by atoms with Crippen molar-refractivity contribution in [3.63, 3.8) is 0 Å². The van der Waals surface area contributed by atoms with Gasteiger partial charge in [-0.2, -0.15) is 0 Å². The molecule has 0 bridgehead atoms. The van der Waals surface area contributed by atoms with E-state index in [0.29, 0.717) is 36.5 Å². The average molecular weight is 429 g/mol. The smallest absolute Gasteiger partial charge is 0.251 e. The van der Waals surface area contributed by atoms with E-state index in [4.69, 9.17) is 11.6 Å². The van der Waals surface area contributed by atoms with Gasteiger partial charge in [-0.3, -0.25) is 9.59 Å². The van der Waals surface area contributed by atoms with E-state index in [-0.39, 0.29) is 11.8 Å². The third-order valence-electron chi connectivity index (χ3n) is 5.28. The average Bonchev–Trinajstić information content (AvgIpc) is 2.76. The lowest BCUT2D eigenvalue weighted by atomic mass is 10.1. The van der Waals surface area contributed by atoms with Crippen molar-refractivity contribution in [3.8, 4) is 0 Å². The molecule has 1 heterocycles. The van der Waals surface area contributed by atoms with E-state index >= 15 is 0 Å². The van der Waals surface area contributed by atoms with E-state index in [1.165, 1.54) is 5.69 Å². The van der Waals surface area contributed by atoms with Crippen molar-refractivity contribution >= 4 is 29.1 Å². The van der Waals surface area contributed by atoms with Crippen LogP contribution in [0.4, 0.5) is 5.69 Å². The van der Waals surface area contributed by atoms with E-state index in [0.717, 1.165) is 31.7 Å². The van der Waals surface area contributed by atoms with Gasteiger partial charge in [-0.1, -0.05) is 29.8 Å². The summed E-state index contributed by atoms with van der Waals surface area (Å²) in [6.45, 7) is 5.04. The van der Waals surface area contributed by atoms with Gasteiger partial charge in [0.15, 0.2) is 0 Å². The van der Waals surface area contributed by atoms with Crippen molar-refractivity contribution in [1.29, 1.82) is 0 Å². The van der Waals surface area contributed by atoms with Gasteiger partial charge in [0.2, 0.25) is 5.91 Å². The first-order chi connectivity index (χ1) is 14.5. The first kappa shape index (κ1) is 22.1. The predicted octanol–water partition coefficient (Wildman–Crippen LogP) is 2.92. The van der Waals surface area contributed by atoms with E-state index in [2.05, 4.69) is 39.6 Å². The molecule has 2 aromatic rings. The zero-order valence-corrected chi connectivity index (χ0v) is 18.1. The van der Waals surface area contributed by atoms with Crippen LogP contribution in [0.25, 0.3) is 0 Å². The first-order valence-corrected chi connectivity index (χ1v) is 10.7. The van der Waals surface area contributed by atoms with Crippen LogP contribution in [0, 0.1) is 0 Å². The standard InChI is InChI=1S/C23H29ClN4O2/c1-27-13-15-28(16-14-27)21-6-3-2-5-19(21)17-26-22(29)7-4-12-25-23(30)18-8-10-20(24)11-9-18/h2-3,5-6,8-11H,4,7,12-17H2,1H3,(H,25,30)(H,26,29). The number of benzene rings is 2. The second-order valence-electron chi connectivity index (χ2n) is 7.56. The quantitative estimate of drug-likeness (QED) is 0.634. The molecule has 6 nitrogen and oxygen atoms in total. The summed E-state index contributed by atoms with van der Waals surface area (Å²) in [4.78, 5) is 29.0. The fourth-order valence-corrected chi connectivity index (χ4v) is 3.58. The summed E-state index contributed by atoms with van der Waals surface area (Å²) in [5.41, 5.74) is 2.89. The maximum Gasteiger partial charge on any atom is 0.251 e. The summed E-state index contributed by atoms with van der Waals surface area (Å²) < 4.78 is 0. The monoisotopic (exact) mass is 428 g/mol. The second kappa shape index (κ2) is 11.0. The lowest BCUT2D eigenvalue weighted by molar-refractivity contribution is -0.121. The zero-order chi connectivity index (χ0) is 21.3. The fourth-order valence-electron chi connectivity index (χ4n) is 3.45. The fraction of sp³-hybridized carbons (Fsp3) is 0.391. The maximum absolute atomic E-state index is 12.2. The molecule has 0 radical (unpaired) electrons. The lowest BCUT2D eigenvalue weighted by Gasteiger charge is -2.35. The highest BCUT2D eigenvalue weighted by Crippen LogP contribution is 2.21. The molecule has 0 aromatic heterocycles. The maximum atomic E-state index is 12.2. The van der Waals surface area contributed by atoms with Gasteiger partial charge in [-0.15, -0.1) is 0 Å². The van der Waals surface area contributed by atoms with Crippen molar-refractivity contribution in [3.05, 3.63) is 64.7 Å². The number of nitrogens with zero attached hydrogens (tertiary/aromatic N) is 2. The molecule has 7 heteroatoms. The Morgan fingerprint density at radius 2 is 1.67 bits per heavy atom. The molecule has 0 atom stereocenters. The minimum absolute atomic E-state index is 0.0103. The molecule has 3 rings (SSSR count). The Labute approximate surface area is 183 Å². The van der Waals surface area contributed by atoms with Gasteiger partial charge in [-0.05, 0) is 49.4 Å². The largest absolute Gasteiger partial charge is 0.369 e. The third-order valence-corrected chi connectivity index (χ3v) is 5.54. The highest BCUT2D eigenvalue weighted by molar-refractivity contribution is 6.30. The summed E-state index contributed by atoms with van der Waals surface area (Å²) in [6.07, 6.45) is 0.961. The number of hydrogen-bond acceptors (Lipinski definition) is 4. The molecular weight excluding hydrogens is 400 g/mol. The van der Waals surface area contributed by atoms with Crippen molar-refractivity contribution < 1.29 is 9.59 Å². The Morgan fingerprint density at radius 3 is 2.40 bits per heavy atom. The van der Waals surface area contributed by atoms with Gasteiger partial charge in [0.05, 0.1) is 0 Å². The number of rotatable bonds is 8. The van der Waals surface area contributed by atoms with Crippen LogP contribution in [0.1, 0.15) is 28.8 Å². The second-order valence-corrected chi connectivity index (χ2v) is 8.00. The highest BCUT2D eigenvalue weighted by atomic mass is 35.5. The zero-order valence-electron chi connectivity index (χ0n) is 17.4. The number of hydrogen-bond donors (Lipinski definition) is 2. The van der Waals surface area contributed by atoms with E-state index in [1.807, 2.05) is 12.1 Å². The number of anilines is 1. The molecule has 1 aliphatic rings. The van der Waals surface area contributed by atoms with Gasteiger partial charge in [0, 0.05) is 62.0 Å². The molecule has 0 spiro atoms. The highest BCUT2D eigenvalue weighted by Gasteiger charge is 2.16. The number of halogens is 1. The SMILES string of the molecule is CN1CCN(c2ccccc2CNC(=O)CCCNC(=O)c2ccc(Cl)cc2)CC1. The summed E-state index contributed by atoms with van der Waals surface area (Å²) in [6, 6.07) is 15.0. The minimum Gasteiger partial charge on any atom is -0.369 e. The Balaban J connectivity index is 1.40. The van der Waals surface area contributed by atoms with Crippen LogP contribution < -0.4 is 15.5 Å². The van der Waals surface area contributed by atoms with Crippen LogP contribution in [0.2, 0.25) is 5.02 Å². The number of piperazine rings is 1. The number of para-hydroxylation sites is 1. The van der Waals surface area contributed by atoms with Gasteiger partial charge < -0.3 is 20.4 Å². The topological polar surface area (TPSA) is 64.7 Å². The number of carbonyl (C=O) groups is 2. The number of likely N-dealkylation sites (N-methyl/N-ethyl adjacent to an activating group) is 1. The van der Waals surface area contributed by atoms with Crippen LogP contribution in [0.15, 0.2) is 48.5 Å². The molecule has 0 unspecified atom stereocenters. The van der Waals surface area contributed by atoms with Gasteiger partial charge in [-0.25, -0.2) is 0 Å². The molecule has 2 N–H and O–H groups in total. The molecule has 30 heavy (non-hydrogen) atoms. The van der Waals surface area contributed by atoms with E-state index < -0.39 is 0 Å². The van der Waals surface area contributed by atoms with Crippen LogP contribution in [-0.2, 0) is 11.3 Å². The van der Waals surface area contributed by atoms with Crippen LogP contribution in [-0.4, -0.2) is 56.5 Å². The number of carbonyl (C=O) groups excluding carboxylic acids is 2. The molecule has 2 aromatic carbocycles. The molecule has 1 saturated heterocycles. The Bertz CT molecular complexity index is 849. The van der Waals surface area contributed by atoms with Crippen LogP contribution >= 0.6 is 11.6 Å². The van der Waals surface area contributed by atoms with Crippen molar-refractivity contribution in [2.24, 2.45) is 0 Å². The summed E-state index contributed by atoms with van der Waals surface area (Å²) in [5.74, 6) is -0.169. The Kier molecular flexibility index (Phi) is 8.11. The number of amides is 2. The third kappa shape index (κ3) is 6.47. The molecule has 2 amide bonds. The minimum atomic E-state index is -0.159. The molecule has 1 aliphatic heterocycles. The van der Waals surface area contributed by atoms with Crippen molar-refractivity contribution in [2.45, 2.75) is 19.4 Å². The predicted molar refractivity (Wildman–Crippen MR) is 121 cm³/mol.